The number of quaternary nitrogens is 1. The quantitative estimate of drug-likeness (QED) is 0.0273. The first kappa shape index (κ1) is 58.7. The van der Waals surface area contributed by atoms with Crippen molar-refractivity contribution in [3.63, 3.8) is 0 Å². The van der Waals surface area contributed by atoms with Crippen LogP contribution in [0.3, 0.4) is 0 Å². The Bertz CT molecular complexity index is 1070. The summed E-state index contributed by atoms with van der Waals surface area (Å²) in [6.07, 6.45) is 53.4. The van der Waals surface area contributed by atoms with Gasteiger partial charge >= 0.3 is 0 Å². The van der Waals surface area contributed by atoms with Crippen molar-refractivity contribution in [2.24, 2.45) is 0 Å². The molecular formula is C51H99N2O6P. The van der Waals surface area contributed by atoms with Gasteiger partial charge in [0.15, 0.2) is 0 Å². The van der Waals surface area contributed by atoms with E-state index in [-0.39, 0.29) is 12.5 Å². The summed E-state index contributed by atoms with van der Waals surface area (Å²) >= 11 is 0. The van der Waals surface area contributed by atoms with Gasteiger partial charge in [-0.2, -0.15) is 0 Å². The number of nitrogens with zero attached hydrogens (tertiary/aromatic N) is 1. The Labute approximate surface area is 372 Å². The molecule has 60 heavy (non-hydrogen) atoms. The number of phosphoric acid groups is 1. The second-order valence-electron chi connectivity index (χ2n) is 18.5. The number of unbranched alkanes of at least 4 members (excludes halogenated alkanes) is 29. The lowest BCUT2D eigenvalue weighted by atomic mass is 10.0. The summed E-state index contributed by atoms with van der Waals surface area (Å²) in [6, 6.07) is -0.904. The smallest absolute Gasteiger partial charge is 0.268 e. The minimum Gasteiger partial charge on any atom is -0.756 e. The molecule has 0 aromatic heterocycles. The molecule has 0 bridgehead atoms. The number of aliphatic hydroxyl groups is 1. The number of hydrogen-bond acceptors (Lipinski definition) is 6. The summed E-state index contributed by atoms with van der Waals surface area (Å²) in [5.74, 6) is -0.211. The highest BCUT2D eigenvalue weighted by Gasteiger charge is 2.23. The normalized spacial score (nSPS) is 14.4. The van der Waals surface area contributed by atoms with E-state index in [0.29, 0.717) is 17.4 Å². The highest BCUT2D eigenvalue weighted by atomic mass is 31.2. The molecule has 0 rings (SSSR count). The van der Waals surface area contributed by atoms with E-state index >= 15 is 0 Å². The molecule has 0 aromatic rings. The SMILES string of the molecule is CCCCCCCC/C=C\CCCCCCCCCC(=O)NC(COP(=O)([O-])OCC[N+](C)(C)C)C(O)/C=C/CC/C=C/CCCCCCCCCCCCCCCCC. The number of rotatable bonds is 46. The van der Waals surface area contributed by atoms with Crippen LogP contribution >= 0.6 is 7.82 Å². The standard InChI is InChI=1S/C51H99N2O6P/c1-6-8-10-12-14-16-18-20-22-24-25-26-27-29-30-32-34-36-38-40-42-44-50(54)49(48-59-60(56,57)58-47-46-53(3,4)5)52-51(55)45-43-41-39-37-35-33-31-28-23-21-19-17-15-13-11-9-7-2/h21,23,34,36,42,44,49-50,54H,6-20,22,24-33,35,37-41,43,45-48H2,1-5H3,(H-,52,55,56,57)/b23-21-,36-34+,44-42+. The first-order valence-electron chi connectivity index (χ1n) is 25.4. The fourth-order valence-corrected chi connectivity index (χ4v) is 8.00. The molecule has 8 nitrogen and oxygen atoms in total. The van der Waals surface area contributed by atoms with Gasteiger partial charge in [-0.05, 0) is 57.8 Å². The molecule has 0 aromatic carbocycles. The van der Waals surface area contributed by atoms with Crippen molar-refractivity contribution in [2.45, 2.75) is 244 Å². The number of phosphoric ester groups is 1. The summed E-state index contributed by atoms with van der Waals surface area (Å²) in [4.78, 5) is 25.4. The Hall–Kier alpha value is -1.28. The van der Waals surface area contributed by atoms with Gasteiger partial charge in [-0.25, -0.2) is 0 Å². The molecule has 0 radical (unpaired) electrons. The largest absolute Gasteiger partial charge is 0.756 e. The first-order valence-corrected chi connectivity index (χ1v) is 26.8. The highest BCUT2D eigenvalue weighted by molar-refractivity contribution is 7.45. The second-order valence-corrected chi connectivity index (χ2v) is 19.9. The van der Waals surface area contributed by atoms with Gasteiger partial charge in [0.25, 0.3) is 7.82 Å². The molecule has 0 aliphatic rings. The van der Waals surface area contributed by atoms with Gasteiger partial charge in [0.1, 0.15) is 13.2 Å². The predicted molar refractivity (Wildman–Crippen MR) is 256 cm³/mol. The van der Waals surface area contributed by atoms with Crippen molar-refractivity contribution >= 4 is 13.7 Å². The van der Waals surface area contributed by atoms with Crippen LogP contribution in [0.15, 0.2) is 36.5 Å². The van der Waals surface area contributed by atoms with Gasteiger partial charge in [0.2, 0.25) is 5.91 Å². The van der Waals surface area contributed by atoms with Crippen molar-refractivity contribution in [3.05, 3.63) is 36.5 Å². The van der Waals surface area contributed by atoms with Crippen LogP contribution in [0.1, 0.15) is 232 Å². The molecule has 0 saturated carbocycles. The average Bonchev–Trinajstić information content (AvgIpc) is 3.20. The number of aliphatic hydroxyl groups excluding tert-OH is 1. The Kier molecular flexibility index (Phi) is 42.1. The maximum Gasteiger partial charge on any atom is 0.268 e. The highest BCUT2D eigenvalue weighted by Crippen LogP contribution is 2.38. The lowest BCUT2D eigenvalue weighted by Crippen LogP contribution is -2.45. The van der Waals surface area contributed by atoms with Crippen LogP contribution in [-0.4, -0.2) is 68.5 Å². The summed E-state index contributed by atoms with van der Waals surface area (Å²) < 4.78 is 23.3. The van der Waals surface area contributed by atoms with Gasteiger partial charge in [-0.15, -0.1) is 0 Å². The molecule has 0 aliphatic heterocycles. The summed E-state index contributed by atoms with van der Waals surface area (Å²) in [6.45, 7) is 4.63. The molecule has 2 N–H and O–H groups in total. The topological polar surface area (TPSA) is 108 Å². The summed E-state index contributed by atoms with van der Waals surface area (Å²) in [7, 11) is 1.24. The number of carbonyl (C=O) groups excluding carboxylic acids is 1. The maximum absolute atomic E-state index is 12.9. The van der Waals surface area contributed by atoms with E-state index in [1.54, 1.807) is 6.08 Å². The van der Waals surface area contributed by atoms with E-state index in [1.807, 2.05) is 27.2 Å². The second kappa shape index (κ2) is 43.0. The van der Waals surface area contributed by atoms with Crippen LogP contribution in [0.4, 0.5) is 0 Å². The van der Waals surface area contributed by atoms with E-state index in [1.165, 1.54) is 173 Å². The van der Waals surface area contributed by atoms with Crippen LogP contribution in [0.2, 0.25) is 0 Å². The van der Waals surface area contributed by atoms with Gasteiger partial charge in [-0.3, -0.25) is 9.36 Å². The van der Waals surface area contributed by atoms with Crippen molar-refractivity contribution in [1.29, 1.82) is 0 Å². The first-order chi connectivity index (χ1) is 29.0. The van der Waals surface area contributed by atoms with Crippen LogP contribution < -0.4 is 10.2 Å². The number of carbonyl (C=O) groups is 1. The molecule has 0 spiro atoms. The van der Waals surface area contributed by atoms with E-state index < -0.39 is 26.6 Å². The van der Waals surface area contributed by atoms with Gasteiger partial charge in [0, 0.05) is 6.42 Å². The third-order valence-electron chi connectivity index (χ3n) is 11.3. The zero-order valence-corrected chi connectivity index (χ0v) is 41.1. The molecular weight excluding hydrogens is 768 g/mol. The van der Waals surface area contributed by atoms with E-state index in [4.69, 9.17) is 9.05 Å². The van der Waals surface area contributed by atoms with E-state index in [0.717, 1.165) is 38.5 Å². The van der Waals surface area contributed by atoms with Crippen molar-refractivity contribution < 1.29 is 32.9 Å². The minimum absolute atomic E-state index is 0.00687. The number of nitrogens with one attached hydrogen (secondary N) is 1. The molecule has 3 unspecified atom stereocenters. The third-order valence-corrected chi connectivity index (χ3v) is 12.3. The lowest BCUT2D eigenvalue weighted by Gasteiger charge is -2.29. The van der Waals surface area contributed by atoms with E-state index in [9.17, 15) is 19.4 Å². The van der Waals surface area contributed by atoms with Crippen LogP contribution in [0.25, 0.3) is 0 Å². The molecule has 0 heterocycles. The number of amides is 1. The maximum atomic E-state index is 12.9. The van der Waals surface area contributed by atoms with Gasteiger partial charge < -0.3 is 28.8 Å². The zero-order chi connectivity index (χ0) is 44.3. The fraction of sp³-hybridized carbons (Fsp3) is 0.863. The Morgan fingerprint density at radius 3 is 1.35 bits per heavy atom. The Morgan fingerprint density at radius 2 is 0.933 bits per heavy atom. The molecule has 9 heteroatoms. The molecule has 354 valence electrons. The van der Waals surface area contributed by atoms with Gasteiger partial charge in [-0.1, -0.05) is 204 Å². The number of likely N-dealkylation sites (N-methyl/N-ethyl adjacent to an activating group) is 1. The van der Waals surface area contributed by atoms with Gasteiger partial charge in [0.05, 0.1) is 39.9 Å². The average molecular weight is 867 g/mol. The van der Waals surface area contributed by atoms with Crippen molar-refractivity contribution in [1.82, 2.24) is 5.32 Å². The fourth-order valence-electron chi connectivity index (χ4n) is 7.28. The Balaban J connectivity index is 4.37. The molecule has 0 fully saturated rings. The number of hydrogen-bond donors (Lipinski definition) is 2. The molecule has 3 atom stereocenters. The third kappa shape index (κ3) is 44.8. The predicted octanol–water partition coefficient (Wildman–Crippen LogP) is 14.0. The zero-order valence-electron chi connectivity index (χ0n) is 40.2. The van der Waals surface area contributed by atoms with Crippen LogP contribution in [-0.2, 0) is 18.4 Å². The molecule has 1 amide bonds. The summed E-state index contributed by atoms with van der Waals surface area (Å²) in [5, 5.41) is 13.8. The van der Waals surface area contributed by atoms with Crippen molar-refractivity contribution in [3.8, 4) is 0 Å². The molecule has 0 saturated heterocycles. The molecule has 0 aliphatic carbocycles. The lowest BCUT2D eigenvalue weighted by molar-refractivity contribution is -0.870. The minimum atomic E-state index is -4.60. The number of allylic oxidation sites excluding steroid dienone is 5. The monoisotopic (exact) mass is 867 g/mol. The summed E-state index contributed by atoms with van der Waals surface area (Å²) in [5.41, 5.74) is 0. The van der Waals surface area contributed by atoms with Crippen LogP contribution in [0.5, 0.6) is 0 Å². The van der Waals surface area contributed by atoms with E-state index in [2.05, 4.69) is 43.5 Å². The van der Waals surface area contributed by atoms with Crippen LogP contribution in [0, 0.1) is 0 Å². The van der Waals surface area contributed by atoms with Crippen molar-refractivity contribution in [2.75, 3.05) is 40.9 Å². The Morgan fingerprint density at radius 1 is 0.567 bits per heavy atom.